The highest BCUT2D eigenvalue weighted by Gasteiger charge is 2.27. The monoisotopic (exact) mass is 439 g/mol. The second-order valence-corrected chi connectivity index (χ2v) is 8.32. The first-order valence-corrected chi connectivity index (χ1v) is 11.0. The van der Waals surface area contributed by atoms with Crippen molar-refractivity contribution in [1.82, 2.24) is 4.90 Å². The molecule has 162 valence electrons. The van der Waals surface area contributed by atoms with E-state index in [4.69, 9.17) is 9.47 Å². The van der Waals surface area contributed by atoms with Crippen molar-refractivity contribution in [3.8, 4) is 11.8 Å². The number of thiophene rings is 1. The lowest BCUT2D eigenvalue weighted by Crippen LogP contribution is -2.35. The Labute approximate surface area is 185 Å². The average Bonchev–Trinajstić information content (AvgIpc) is 3.08. The Balaban J connectivity index is 1.74. The van der Waals surface area contributed by atoms with Crippen molar-refractivity contribution in [3.05, 3.63) is 51.9 Å². The number of fused-ring (bicyclic) bond motifs is 1. The van der Waals surface area contributed by atoms with Gasteiger partial charge in [-0.05, 0) is 44.9 Å². The largest absolute Gasteiger partial charge is 0.490 e. The van der Waals surface area contributed by atoms with E-state index in [2.05, 4.69) is 11.4 Å². The maximum absolute atomic E-state index is 12.5. The second kappa shape index (κ2) is 10.1. The van der Waals surface area contributed by atoms with Crippen molar-refractivity contribution in [2.24, 2.45) is 0 Å². The molecule has 0 fully saturated rings. The molecule has 3 rings (SSSR count). The lowest BCUT2D eigenvalue weighted by atomic mass is 10.0. The first-order chi connectivity index (χ1) is 14.9. The second-order valence-electron chi connectivity index (χ2n) is 7.22. The number of benzene rings is 1. The fourth-order valence-electron chi connectivity index (χ4n) is 3.28. The number of amides is 2. The molecular formula is C23H25N3O4S. The Kier molecular flexibility index (Phi) is 7.32. The molecule has 31 heavy (non-hydrogen) atoms. The number of rotatable bonds is 6. The normalized spacial score (nSPS) is 13.1. The summed E-state index contributed by atoms with van der Waals surface area (Å²) in [6, 6.07) is 9.68. The first-order valence-electron chi connectivity index (χ1n) is 10.1. The van der Waals surface area contributed by atoms with Crippen LogP contribution < -0.4 is 10.1 Å². The van der Waals surface area contributed by atoms with Crippen LogP contribution in [0.15, 0.2) is 30.3 Å². The predicted molar refractivity (Wildman–Crippen MR) is 120 cm³/mol. The molecule has 8 heteroatoms. The predicted octanol–water partition coefficient (Wildman–Crippen LogP) is 4.57. The zero-order valence-corrected chi connectivity index (χ0v) is 18.6. The summed E-state index contributed by atoms with van der Waals surface area (Å²) in [6.45, 7) is 6.82. The molecule has 0 aliphatic carbocycles. The molecule has 1 N–H and O–H groups in total. The highest BCUT2D eigenvalue weighted by atomic mass is 32.1. The molecule has 1 aromatic heterocycles. The van der Waals surface area contributed by atoms with Crippen LogP contribution in [-0.2, 0) is 22.5 Å². The van der Waals surface area contributed by atoms with Crippen LogP contribution in [0, 0.1) is 11.3 Å². The fourth-order valence-corrected chi connectivity index (χ4v) is 4.50. The lowest BCUT2D eigenvalue weighted by molar-refractivity contribution is -0.111. The number of para-hydroxylation sites is 1. The van der Waals surface area contributed by atoms with Gasteiger partial charge in [0, 0.05) is 23.1 Å². The minimum absolute atomic E-state index is 0.0215. The van der Waals surface area contributed by atoms with Gasteiger partial charge in [-0.25, -0.2) is 4.79 Å². The summed E-state index contributed by atoms with van der Waals surface area (Å²) in [5, 5.41) is 12.9. The smallest absolute Gasteiger partial charge is 0.410 e. The van der Waals surface area contributed by atoms with Gasteiger partial charge in [-0.2, -0.15) is 5.26 Å². The van der Waals surface area contributed by atoms with E-state index in [0.29, 0.717) is 42.4 Å². The molecule has 2 aromatic rings. The van der Waals surface area contributed by atoms with E-state index in [1.54, 1.807) is 17.9 Å². The van der Waals surface area contributed by atoms with Gasteiger partial charge in [-0.1, -0.05) is 18.2 Å². The van der Waals surface area contributed by atoms with Crippen LogP contribution in [0.25, 0.3) is 6.08 Å². The number of carbonyl (C=O) groups excluding carboxylic acids is 2. The van der Waals surface area contributed by atoms with Crippen LogP contribution in [0.2, 0.25) is 0 Å². The van der Waals surface area contributed by atoms with Gasteiger partial charge >= 0.3 is 6.09 Å². The van der Waals surface area contributed by atoms with Gasteiger partial charge < -0.3 is 19.7 Å². The molecule has 1 aliphatic heterocycles. The summed E-state index contributed by atoms with van der Waals surface area (Å²) in [5.74, 6) is 0.363. The number of nitriles is 1. The summed E-state index contributed by atoms with van der Waals surface area (Å²) in [4.78, 5) is 27.1. The molecule has 1 aromatic carbocycles. The van der Waals surface area contributed by atoms with E-state index < -0.39 is 0 Å². The van der Waals surface area contributed by atoms with Crippen LogP contribution >= 0.6 is 11.3 Å². The van der Waals surface area contributed by atoms with Gasteiger partial charge in [0.2, 0.25) is 5.91 Å². The molecule has 0 saturated carbocycles. The maximum Gasteiger partial charge on any atom is 0.410 e. The zero-order valence-electron chi connectivity index (χ0n) is 17.8. The number of hydrogen-bond donors (Lipinski definition) is 1. The summed E-state index contributed by atoms with van der Waals surface area (Å²) in [6.07, 6.45) is 3.32. The molecule has 0 atom stereocenters. The number of anilines is 1. The molecule has 2 heterocycles. The van der Waals surface area contributed by atoms with E-state index in [9.17, 15) is 14.9 Å². The third-order valence-electron chi connectivity index (χ3n) is 4.63. The first kappa shape index (κ1) is 22.4. The van der Waals surface area contributed by atoms with Gasteiger partial charge in [-0.3, -0.25) is 4.79 Å². The molecule has 7 nitrogen and oxygen atoms in total. The van der Waals surface area contributed by atoms with E-state index in [1.165, 1.54) is 17.4 Å². The fraction of sp³-hybridized carbons (Fsp3) is 0.348. The number of nitrogens with one attached hydrogen (secondary N) is 1. The molecule has 0 spiro atoms. The van der Waals surface area contributed by atoms with Gasteiger partial charge in [0.25, 0.3) is 0 Å². The third-order valence-corrected chi connectivity index (χ3v) is 5.76. The SMILES string of the molecule is CCOC(=O)N1CCc2c(sc(NC(=O)C=Cc3ccccc3OC(C)C)c2C#N)C1. The van der Waals surface area contributed by atoms with E-state index in [0.717, 1.165) is 16.0 Å². The Morgan fingerprint density at radius 2 is 2.13 bits per heavy atom. The molecule has 1 aliphatic rings. The van der Waals surface area contributed by atoms with Gasteiger partial charge in [0.15, 0.2) is 0 Å². The highest BCUT2D eigenvalue weighted by molar-refractivity contribution is 7.16. The van der Waals surface area contributed by atoms with Crippen LogP contribution in [0.3, 0.4) is 0 Å². The van der Waals surface area contributed by atoms with Gasteiger partial charge in [0.05, 0.1) is 24.8 Å². The molecule has 0 saturated heterocycles. The number of hydrogen-bond acceptors (Lipinski definition) is 6. The molecule has 2 amide bonds. The van der Waals surface area contributed by atoms with Crippen molar-refractivity contribution >= 4 is 34.4 Å². The van der Waals surface area contributed by atoms with E-state index >= 15 is 0 Å². The quantitative estimate of drug-likeness (QED) is 0.666. The average molecular weight is 440 g/mol. The van der Waals surface area contributed by atoms with Gasteiger partial charge in [-0.15, -0.1) is 11.3 Å². The topological polar surface area (TPSA) is 91.7 Å². The van der Waals surface area contributed by atoms with Crippen molar-refractivity contribution in [3.63, 3.8) is 0 Å². The summed E-state index contributed by atoms with van der Waals surface area (Å²) in [7, 11) is 0. The standard InChI is InChI=1S/C23H25N3O4S/c1-4-29-23(28)26-12-11-17-18(13-24)22(31-20(17)14-26)25-21(27)10-9-16-7-5-6-8-19(16)30-15(2)3/h5-10,15H,4,11-12,14H2,1-3H3,(H,25,27). The van der Waals surface area contributed by atoms with Crippen LogP contribution in [0.1, 0.15) is 42.3 Å². The van der Waals surface area contributed by atoms with Crippen molar-refractivity contribution in [1.29, 1.82) is 5.26 Å². The van der Waals surface area contributed by atoms with Crippen LogP contribution in [-0.4, -0.2) is 36.2 Å². The van der Waals surface area contributed by atoms with Crippen LogP contribution in [0.4, 0.5) is 9.80 Å². The Morgan fingerprint density at radius 3 is 2.84 bits per heavy atom. The Morgan fingerprint density at radius 1 is 1.35 bits per heavy atom. The molecule has 0 bridgehead atoms. The Bertz CT molecular complexity index is 1040. The zero-order chi connectivity index (χ0) is 22.4. The number of carbonyl (C=O) groups is 2. The minimum atomic E-state index is -0.365. The summed E-state index contributed by atoms with van der Waals surface area (Å²) in [5.41, 5.74) is 2.15. The molecule has 0 unspecified atom stereocenters. The van der Waals surface area contributed by atoms with E-state index in [-0.39, 0.29) is 18.1 Å². The third kappa shape index (κ3) is 5.44. The van der Waals surface area contributed by atoms with Crippen LogP contribution in [0.5, 0.6) is 5.75 Å². The number of nitrogens with zero attached hydrogens (tertiary/aromatic N) is 2. The maximum atomic E-state index is 12.5. The number of ether oxygens (including phenoxy) is 2. The van der Waals surface area contributed by atoms with Gasteiger partial charge in [0.1, 0.15) is 16.8 Å². The lowest BCUT2D eigenvalue weighted by Gasteiger charge is -2.25. The summed E-state index contributed by atoms with van der Waals surface area (Å²) >= 11 is 1.32. The summed E-state index contributed by atoms with van der Waals surface area (Å²) < 4.78 is 10.8. The van der Waals surface area contributed by atoms with Crippen molar-refractivity contribution in [2.45, 2.75) is 39.8 Å². The van der Waals surface area contributed by atoms with Crippen molar-refractivity contribution < 1.29 is 19.1 Å². The van der Waals surface area contributed by atoms with E-state index in [1.807, 2.05) is 38.1 Å². The molecular weight excluding hydrogens is 414 g/mol. The Hall–Kier alpha value is -3.31. The highest BCUT2D eigenvalue weighted by Crippen LogP contribution is 2.36. The molecule has 0 radical (unpaired) electrons. The minimum Gasteiger partial charge on any atom is -0.490 e. The van der Waals surface area contributed by atoms with Crippen molar-refractivity contribution in [2.75, 3.05) is 18.5 Å².